The molecule has 1 aliphatic carbocycles. The first-order valence-electron chi connectivity index (χ1n) is 13.2. The van der Waals surface area contributed by atoms with Crippen LogP contribution < -0.4 is 14.4 Å². The number of likely N-dealkylation sites (tertiary alicyclic amines) is 1. The minimum Gasteiger partial charge on any atom is -0.493 e. The minimum atomic E-state index is -0.704. The summed E-state index contributed by atoms with van der Waals surface area (Å²) in [4.78, 5) is 17.9. The lowest BCUT2D eigenvalue weighted by Crippen LogP contribution is -2.56. The van der Waals surface area contributed by atoms with Crippen molar-refractivity contribution in [1.82, 2.24) is 4.90 Å². The van der Waals surface area contributed by atoms with Crippen LogP contribution in [0.2, 0.25) is 0 Å². The fourth-order valence-electron chi connectivity index (χ4n) is 6.03. The average molecular weight is 493 g/mol. The van der Waals surface area contributed by atoms with Crippen LogP contribution in [0.25, 0.3) is 6.08 Å². The molecule has 6 nitrogen and oxygen atoms in total. The summed E-state index contributed by atoms with van der Waals surface area (Å²) in [5.41, 5.74) is 2.45. The lowest BCUT2D eigenvalue weighted by Gasteiger charge is -2.52. The number of nitrogens with zero attached hydrogens (tertiary/aromatic N) is 2. The predicted molar refractivity (Wildman–Crippen MR) is 145 cm³/mol. The summed E-state index contributed by atoms with van der Waals surface area (Å²) in [7, 11) is 3.21. The third-order valence-corrected chi connectivity index (χ3v) is 8.04. The van der Waals surface area contributed by atoms with Crippen molar-refractivity contribution in [3.8, 4) is 11.5 Å². The van der Waals surface area contributed by atoms with Crippen LogP contribution in [0, 0.1) is 5.92 Å². The average Bonchev–Trinajstić information content (AvgIpc) is 2.91. The maximum atomic E-state index is 13.6. The molecule has 1 saturated carbocycles. The topological polar surface area (TPSA) is 62.2 Å². The van der Waals surface area contributed by atoms with Gasteiger partial charge in [0.25, 0.3) is 0 Å². The number of carbonyl (C=O) groups is 1. The van der Waals surface area contributed by atoms with Gasteiger partial charge in [0.05, 0.1) is 25.9 Å². The molecular weight excluding hydrogens is 452 g/mol. The number of rotatable bonds is 8. The first-order valence-corrected chi connectivity index (χ1v) is 13.2. The van der Waals surface area contributed by atoms with Crippen LogP contribution in [0.4, 0.5) is 5.69 Å². The van der Waals surface area contributed by atoms with Gasteiger partial charge < -0.3 is 24.4 Å². The largest absolute Gasteiger partial charge is 0.493 e. The Bertz CT molecular complexity index is 1060. The van der Waals surface area contributed by atoms with E-state index in [2.05, 4.69) is 43.0 Å². The van der Waals surface area contributed by atoms with Crippen LogP contribution in [-0.4, -0.2) is 55.4 Å². The van der Waals surface area contributed by atoms with Crippen molar-refractivity contribution in [2.75, 3.05) is 38.8 Å². The molecule has 1 aliphatic heterocycles. The number of amides is 1. The van der Waals surface area contributed by atoms with Gasteiger partial charge in [0.15, 0.2) is 11.5 Å². The molecule has 0 aromatic heterocycles. The molecule has 0 bridgehead atoms. The predicted octanol–water partition coefficient (Wildman–Crippen LogP) is 5.46. The number of ether oxygens (including phenoxy) is 2. The Morgan fingerprint density at radius 2 is 1.78 bits per heavy atom. The first kappa shape index (κ1) is 26.1. The molecule has 2 aromatic rings. The molecule has 36 heavy (non-hydrogen) atoms. The number of methoxy groups -OCH3 is 2. The highest BCUT2D eigenvalue weighted by atomic mass is 16.5. The zero-order valence-corrected chi connectivity index (χ0v) is 22.1. The molecule has 0 spiro atoms. The molecule has 194 valence electrons. The highest BCUT2D eigenvalue weighted by Gasteiger charge is 2.49. The first-order chi connectivity index (χ1) is 17.4. The smallest absolute Gasteiger partial charge is 0.247 e. The third kappa shape index (κ3) is 5.24. The van der Waals surface area contributed by atoms with Gasteiger partial charge in [0, 0.05) is 37.3 Å². The zero-order valence-electron chi connectivity index (χ0n) is 22.1. The van der Waals surface area contributed by atoms with Crippen LogP contribution in [-0.2, 0) is 4.79 Å². The van der Waals surface area contributed by atoms with E-state index in [9.17, 15) is 9.90 Å². The molecule has 2 aliphatic rings. The van der Waals surface area contributed by atoms with Crippen molar-refractivity contribution < 1.29 is 19.4 Å². The van der Waals surface area contributed by atoms with Crippen molar-refractivity contribution in [2.45, 2.75) is 57.6 Å². The van der Waals surface area contributed by atoms with E-state index in [0.29, 0.717) is 24.5 Å². The zero-order chi connectivity index (χ0) is 25.7. The Morgan fingerprint density at radius 1 is 1.06 bits per heavy atom. The molecule has 0 radical (unpaired) electrons. The van der Waals surface area contributed by atoms with Crippen LogP contribution in [0.1, 0.15) is 63.1 Å². The van der Waals surface area contributed by atoms with E-state index in [1.165, 1.54) is 5.69 Å². The second-order valence-corrected chi connectivity index (χ2v) is 9.89. The van der Waals surface area contributed by atoms with Crippen LogP contribution >= 0.6 is 0 Å². The highest BCUT2D eigenvalue weighted by Crippen LogP contribution is 2.49. The summed E-state index contributed by atoms with van der Waals surface area (Å²) in [5, 5.41) is 11.6. The van der Waals surface area contributed by atoms with Gasteiger partial charge in [-0.25, -0.2) is 0 Å². The van der Waals surface area contributed by atoms with Crippen molar-refractivity contribution >= 4 is 17.7 Å². The van der Waals surface area contributed by atoms with Gasteiger partial charge in [-0.2, -0.15) is 0 Å². The SMILES string of the molecule is CCN(CC)c1ccc([C@H]2C3CCCCC3(O)CCN2C(=O)/C=C/c2ccc(OC)c(OC)c2)cc1. The van der Waals surface area contributed by atoms with E-state index < -0.39 is 5.60 Å². The van der Waals surface area contributed by atoms with Gasteiger partial charge in [-0.05, 0) is 74.6 Å². The Hall–Kier alpha value is -2.99. The summed E-state index contributed by atoms with van der Waals surface area (Å²) in [6.07, 6.45) is 7.98. The molecule has 4 rings (SSSR count). The number of benzene rings is 2. The fraction of sp³-hybridized carbons (Fsp3) is 0.500. The number of fused-ring (bicyclic) bond motifs is 1. The molecule has 1 amide bonds. The highest BCUT2D eigenvalue weighted by molar-refractivity contribution is 5.92. The summed E-state index contributed by atoms with van der Waals surface area (Å²) in [6, 6.07) is 14.1. The molecular formula is C30H40N2O4. The van der Waals surface area contributed by atoms with Gasteiger partial charge in [0.1, 0.15) is 0 Å². The minimum absolute atomic E-state index is 0.0322. The summed E-state index contributed by atoms with van der Waals surface area (Å²) < 4.78 is 10.7. The number of hydrogen-bond donors (Lipinski definition) is 1. The fourth-order valence-corrected chi connectivity index (χ4v) is 6.03. The second-order valence-electron chi connectivity index (χ2n) is 9.89. The quantitative estimate of drug-likeness (QED) is 0.496. The van der Waals surface area contributed by atoms with Gasteiger partial charge in [-0.1, -0.05) is 31.0 Å². The van der Waals surface area contributed by atoms with E-state index in [4.69, 9.17) is 9.47 Å². The van der Waals surface area contributed by atoms with E-state index in [1.807, 2.05) is 29.2 Å². The van der Waals surface area contributed by atoms with Gasteiger partial charge >= 0.3 is 0 Å². The lowest BCUT2D eigenvalue weighted by atomic mass is 9.66. The van der Waals surface area contributed by atoms with Crippen LogP contribution in [0.5, 0.6) is 11.5 Å². The maximum Gasteiger partial charge on any atom is 0.247 e. The van der Waals surface area contributed by atoms with Crippen LogP contribution in [0.15, 0.2) is 48.5 Å². The van der Waals surface area contributed by atoms with Crippen molar-refractivity contribution in [3.63, 3.8) is 0 Å². The van der Waals surface area contributed by atoms with Crippen molar-refractivity contribution in [3.05, 3.63) is 59.7 Å². The second kappa shape index (κ2) is 11.4. The summed E-state index contributed by atoms with van der Waals surface area (Å²) >= 11 is 0. The van der Waals surface area contributed by atoms with Gasteiger partial charge in [0.2, 0.25) is 5.91 Å². The Labute approximate surface area is 215 Å². The van der Waals surface area contributed by atoms with Crippen molar-refractivity contribution in [2.24, 2.45) is 5.92 Å². The van der Waals surface area contributed by atoms with E-state index >= 15 is 0 Å². The molecule has 2 unspecified atom stereocenters. The van der Waals surface area contributed by atoms with Crippen molar-refractivity contribution in [1.29, 1.82) is 0 Å². The molecule has 1 saturated heterocycles. The molecule has 1 N–H and O–H groups in total. The van der Waals surface area contributed by atoms with E-state index in [1.54, 1.807) is 20.3 Å². The lowest BCUT2D eigenvalue weighted by molar-refractivity contribution is -0.150. The molecule has 2 aromatic carbocycles. The van der Waals surface area contributed by atoms with E-state index in [-0.39, 0.29) is 17.9 Å². The molecule has 1 heterocycles. The van der Waals surface area contributed by atoms with Gasteiger partial charge in [-0.15, -0.1) is 0 Å². The Balaban J connectivity index is 1.63. The van der Waals surface area contributed by atoms with Gasteiger partial charge in [-0.3, -0.25) is 4.79 Å². The number of aliphatic hydroxyl groups is 1. The summed E-state index contributed by atoms with van der Waals surface area (Å²) in [5.74, 6) is 1.29. The Morgan fingerprint density at radius 3 is 2.44 bits per heavy atom. The summed E-state index contributed by atoms with van der Waals surface area (Å²) in [6.45, 7) is 6.77. The molecule has 6 heteroatoms. The third-order valence-electron chi connectivity index (χ3n) is 8.04. The number of hydrogen-bond acceptors (Lipinski definition) is 5. The van der Waals surface area contributed by atoms with Crippen LogP contribution in [0.3, 0.4) is 0 Å². The monoisotopic (exact) mass is 492 g/mol. The maximum absolute atomic E-state index is 13.6. The Kier molecular flexibility index (Phi) is 8.24. The standard InChI is InChI=1S/C30H40N2O4/c1-5-31(6-2)24-14-12-23(13-15-24)29-25-9-7-8-18-30(25,34)19-20-32(29)28(33)17-11-22-10-16-26(35-3)27(21-22)36-4/h10-17,21,25,29,34H,5-9,18-20H2,1-4H3/b17-11+/t25?,29-,30?/m0/s1. The number of piperidine rings is 1. The molecule has 3 atom stereocenters. The molecule has 2 fully saturated rings. The number of anilines is 1. The normalized spacial score (nSPS) is 23.9. The number of carbonyl (C=O) groups excluding carboxylic acids is 1. The van der Waals surface area contributed by atoms with E-state index in [0.717, 1.165) is 49.9 Å².